The molecule has 0 saturated carbocycles. The van der Waals surface area contributed by atoms with Gasteiger partial charge >= 0.3 is 6.18 Å². The van der Waals surface area contributed by atoms with Crippen LogP contribution in [0, 0.1) is 18.6 Å². The first-order valence-corrected chi connectivity index (χ1v) is 10.2. The fourth-order valence-corrected chi connectivity index (χ4v) is 3.95. The number of hydrogen-bond donors (Lipinski definition) is 2. The summed E-state index contributed by atoms with van der Waals surface area (Å²) in [6, 6.07) is 12.1. The van der Waals surface area contributed by atoms with Gasteiger partial charge in [0.25, 0.3) is 0 Å². The molecule has 3 aromatic carbocycles. The normalized spacial score (nSPS) is 15.9. The van der Waals surface area contributed by atoms with E-state index in [-0.39, 0.29) is 17.4 Å². The molecule has 3 aromatic rings. The SMILES string of the molecule is Cc1cc2c(cc1C(F)(F)F)NC(=P)CC(c1cccc(Oc3cc(F)cc(F)c3)c1)N2. The molecule has 1 unspecified atom stereocenters. The van der Waals surface area contributed by atoms with E-state index in [1.54, 1.807) is 18.2 Å². The van der Waals surface area contributed by atoms with Crippen LogP contribution in [0.5, 0.6) is 11.5 Å². The van der Waals surface area contributed by atoms with E-state index in [0.717, 1.165) is 29.8 Å². The number of halogens is 5. The molecule has 32 heavy (non-hydrogen) atoms. The third kappa shape index (κ3) is 4.86. The summed E-state index contributed by atoms with van der Waals surface area (Å²) in [4.78, 5) is 0. The predicted molar refractivity (Wildman–Crippen MR) is 117 cm³/mol. The quantitative estimate of drug-likeness (QED) is 0.315. The first-order chi connectivity index (χ1) is 15.1. The maximum absolute atomic E-state index is 13.4. The van der Waals surface area contributed by atoms with E-state index < -0.39 is 23.4 Å². The minimum Gasteiger partial charge on any atom is -0.457 e. The highest BCUT2D eigenvalue weighted by Crippen LogP contribution is 2.40. The van der Waals surface area contributed by atoms with E-state index in [9.17, 15) is 22.0 Å². The zero-order chi connectivity index (χ0) is 23.0. The average molecular weight is 464 g/mol. The fraction of sp³-hybridized carbons (Fsp3) is 0.174. The lowest BCUT2D eigenvalue weighted by Crippen LogP contribution is -2.14. The smallest absolute Gasteiger partial charge is 0.416 e. The van der Waals surface area contributed by atoms with Crippen LogP contribution in [0.1, 0.15) is 29.2 Å². The summed E-state index contributed by atoms with van der Waals surface area (Å²) in [7, 11) is 3.46. The summed E-state index contributed by atoms with van der Waals surface area (Å²) in [5, 5.41) is 6.26. The van der Waals surface area contributed by atoms with Crippen molar-refractivity contribution in [1.29, 1.82) is 0 Å². The van der Waals surface area contributed by atoms with Gasteiger partial charge in [-0.15, -0.1) is 8.86 Å². The van der Waals surface area contributed by atoms with Gasteiger partial charge in [0.2, 0.25) is 0 Å². The van der Waals surface area contributed by atoms with E-state index in [4.69, 9.17) is 4.74 Å². The maximum Gasteiger partial charge on any atom is 0.416 e. The Labute approximate surface area is 183 Å². The Morgan fingerprint density at radius 1 is 0.938 bits per heavy atom. The second-order valence-electron chi connectivity index (χ2n) is 7.49. The van der Waals surface area contributed by atoms with Crippen molar-refractivity contribution in [1.82, 2.24) is 0 Å². The van der Waals surface area contributed by atoms with Crippen molar-refractivity contribution >= 4 is 25.7 Å². The molecular weight excluding hydrogens is 446 g/mol. The molecule has 0 fully saturated rings. The highest BCUT2D eigenvalue weighted by molar-refractivity contribution is 7.21. The van der Waals surface area contributed by atoms with Crippen molar-refractivity contribution in [3.63, 3.8) is 0 Å². The van der Waals surface area contributed by atoms with Crippen molar-refractivity contribution in [2.45, 2.75) is 25.6 Å². The fourth-order valence-electron chi connectivity index (χ4n) is 3.61. The van der Waals surface area contributed by atoms with Crippen LogP contribution in [0.3, 0.4) is 0 Å². The van der Waals surface area contributed by atoms with Gasteiger partial charge in [-0.3, -0.25) is 0 Å². The molecule has 0 saturated heterocycles. The molecule has 0 amide bonds. The molecule has 0 bridgehead atoms. The predicted octanol–water partition coefficient (Wildman–Crippen LogP) is 7.33. The molecule has 1 atom stereocenters. The number of ether oxygens (including phenoxy) is 1. The van der Waals surface area contributed by atoms with E-state index in [1.165, 1.54) is 13.0 Å². The molecule has 1 heterocycles. The summed E-state index contributed by atoms with van der Waals surface area (Å²) in [6.45, 7) is 1.41. The number of hydrogen-bond acceptors (Lipinski definition) is 2. The highest BCUT2D eigenvalue weighted by Gasteiger charge is 2.34. The van der Waals surface area contributed by atoms with E-state index >= 15 is 0 Å². The monoisotopic (exact) mass is 464 g/mol. The Bertz CT molecular complexity index is 1180. The van der Waals surface area contributed by atoms with Crippen LogP contribution >= 0.6 is 8.86 Å². The number of fused-ring (bicyclic) bond motifs is 1. The lowest BCUT2D eigenvalue weighted by Gasteiger charge is -2.20. The van der Waals surface area contributed by atoms with Crippen LogP contribution in [-0.4, -0.2) is 5.42 Å². The zero-order valence-electron chi connectivity index (χ0n) is 16.8. The van der Waals surface area contributed by atoms with Gasteiger partial charge < -0.3 is 15.4 Å². The van der Waals surface area contributed by atoms with Gasteiger partial charge in [-0.1, -0.05) is 12.1 Å². The third-order valence-electron chi connectivity index (χ3n) is 5.03. The van der Waals surface area contributed by atoms with Crippen LogP contribution in [0.2, 0.25) is 0 Å². The Balaban J connectivity index is 1.64. The standard InChI is InChI=1S/C23H18F5N2OP/c1-12-5-20-21(10-18(12)23(26,27)28)30-22(32)11-19(29-20)13-3-2-4-16(6-13)31-17-8-14(24)7-15(25)9-17/h2-10,19,29-30,32H,11H2,1H3. The minimum absolute atomic E-state index is 0.0168. The zero-order valence-corrected chi connectivity index (χ0v) is 17.8. The average Bonchev–Trinajstić information content (AvgIpc) is 2.83. The summed E-state index contributed by atoms with van der Waals surface area (Å²) in [5.41, 5.74) is 1.59. The molecule has 1 aliphatic rings. The number of rotatable bonds is 3. The van der Waals surface area contributed by atoms with Crippen LogP contribution in [0.15, 0.2) is 54.6 Å². The van der Waals surface area contributed by atoms with Crippen LogP contribution in [-0.2, 0) is 6.18 Å². The van der Waals surface area contributed by atoms with Crippen LogP contribution in [0.4, 0.5) is 33.3 Å². The van der Waals surface area contributed by atoms with Crippen LogP contribution in [0.25, 0.3) is 0 Å². The summed E-state index contributed by atoms with van der Waals surface area (Å²) >= 11 is 0. The van der Waals surface area contributed by atoms with Crippen molar-refractivity contribution in [3.05, 3.63) is 82.9 Å². The molecule has 0 aromatic heterocycles. The minimum atomic E-state index is -4.46. The highest BCUT2D eigenvalue weighted by atomic mass is 31.0. The molecule has 1 aliphatic heterocycles. The van der Waals surface area contributed by atoms with Gasteiger partial charge in [0.15, 0.2) is 0 Å². The Morgan fingerprint density at radius 2 is 1.66 bits per heavy atom. The largest absolute Gasteiger partial charge is 0.457 e. The van der Waals surface area contributed by atoms with Crippen molar-refractivity contribution in [3.8, 4) is 11.5 Å². The topological polar surface area (TPSA) is 33.3 Å². The molecule has 0 radical (unpaired) electrons. The summed E-state index contributed by atoms with van der Waals surface area (Å²) in [6.07, 6.45) is -4.04. The summed E-state index contributed by atoms with van der Waals surface area (Å²) in [5.74, 6) is -1.12. The van der Waals surface area contributed by atoms with Gasteiger partial charge in [0.05, 0.1) is 23.0 Å². The molecule has 166 valence electrons. The van der Waals surface area contributed by atoms with Gasteiger partial charge in [-0.2, -0.15) is 13.2 Å². The number of nitrogens with one attached hydrogen (secondary N) is 2. The molecule has 4 rings (SSSR count). The number of alkyl halides is 3. The Kier molecular flexibility index (Phi) is 5.82. The summed E-state index contributed by atoms with van der Waals surface area (Å²) < 4.78 is 72.4. The van der Waals surface area contributed by atoms with E-state index in [0.29, 0.717) is 29.0 Å². The molecule has 0 aliphatic carbocycles. The number of anilines is 2. The van der Waals surface area contributed by atoms with Gasteiger partial charge in [-0.05, 0) is 42.3 Å². The first-order valence-electron chi connectivity index (χ1n) is 9.65. The molecule has 9 heteroatoms. The number of aryl methyl sites for hydroxylation is 1. The molecule has 2 N–H and O–H groups in total. The first kappa shape index (κ1) is 22.1. The molecule has 0 spiro atoms. The van der Waals surface area contributed by atoms with Crippen molar-refractivity contribution in [2.75, 3.05) is 10.6 Å². The Hall–Kier alpha value is -3.12. The third-order valence-corrected chi connectivity index (χ3v) is 5.35. The second kappa shape index (κ2) is 8.43. The molecular formula is C23H18F5N2OP. The van der Waals surface area contributed by atoms with Gasteiger partial charge in [0.1, 0.15) is 23.1 Å². The van der Waals surface area contributed by atoms with Crippen molar-refractivity contribution < 1.29 is 26.7 Å². The van der Waals surface area contributed by atoms with E-state index in [2.05, 4.69) is 19.5 Å². The van der Waals surface area contributed by atoms with Gasteiger partial charge in [0, 0.05) is 30.0 Å². The van der Waals surface area contributed by atoms with Crippen LogP contribution < -0.4 is 15.4 Å². The number of benzene rings is 3. The van der Waals surface area contributed by atoms with E-state index in [1.807, 2.05) is 6.07 Å². The molecule has 3 nitrogen and oxygen atoms in total. The maximum atomic E-state index is 13.4. The lowest BCUT2D eigenvalue weighted by molar-refractivity contribution is -0.138. The van der Waals surface area contributed by atoms with Gasteiger partial charge in [-0.25, -0.2) is 8.78 Å². The van der Waals surface area contributed by atoms with Crippen molar-refractivity contribution in [2.24, 2.45) is 0 Å². The second-order valence-corrected chi connectivity index (χ2v) is 8.10. The lowest BCUT2D eigenvalue weighted by atomic mass is 10.0. The Morgan fingerprint density at radius 3 is 2.34 bits per heavy atom.